The summed E-state index contributed by atoms with van der Waals surface area (Å²) in [7, 11) is 0. The molecule has 5 heteroatoms. The van der Waals surface area contributed by atoms with Crippen LogP contribution in [0.2, 0.25) is 0 Å². The summed E-state index contributed by atoms with van der Waals surface area (Å²) >= 11 is 6.84. The molecule has 0 aliphatic heterocycles. The van der Waals surface area contributed by atoms with Crippen LogP contribution < -0.4 is 5.32 Å². The average molecular weight is 388 g/mol. The fraction of sp³-hybridized carbons (Fsp3) is 0.214. The number of benzene rings is 1. The van der Waals surface area contributed by atoms with Gasteiger partial charge in [0.2, 0.25) is 0 Å². The molecule has 100 valence electrons. The van der Waals surface area contributed by atoms with Gasteiger partial charge in [0.1, 0.15) is 5.82 Å². The van der Waals surface area contributed by atoms with Crippen LogP contribution in [-0.2, 0) is 6.54 Å². The second-order valence-electron chi connectivity index (χ2n) is 4.24. The highest BCUT2D eigenvalue weighted by Gasteiger charge is 2.08. The molecule has 2 aromatic rings. The van der Waals surface area contributed by atoms with Gasteiger partial charge in [-0.3, -0.25) is 4.98 Å². The SMILES string of the molecule is C[C@@H](NCc1ncc(Br)cc1Br)c1cccc(F)c1. The normalized spacial score (nSPS) is 12.4. The first-order valence-corrected chi connectivity index (χ1v) is 7.43. The lowest BCUT2D eigenvalue weighted by Gasteiger charge is -2.14. The molecule has 1 atom stereocenters. The average Bonchev–Trinajstić information content (AvgIpc) is 2.37. The number of halogens is 3. The van der Waals surface area contributed by atoms with Crippen molar-refractivity contribution in [1.82, 2.24) is 10.3 Å². The lowest BCUT2D eigenvalue weighted by molar-refractivity contribution is 0.558. The summed E-state index contributed by atoms with van der Waals surface area (Å²) in [6, 6.07) is 8.64. The van der Waals surface area contributed by atoms with E-state index in [4.69, 9.17) is 0 Å². The molecule has 0 saturated heterocycles. The number of rotatable bonds is 4. The van der Waals surface area contributed by atoms with Crippen molar-refractivity contribution in [2.45, 2.75) is 19.5 Å². The summed E-state index contributed by atoms with van der Waals surface area (Å²) in [6.45, 7) is 2.62. The van der Waals surface area contributed by atoms with Crippen molar-refractivity contribution in [2.75, 3.05) is 0 Å². The molecule has 0 fully saturated rings. The molecule has 0 amide bonds. The topological polar surface area (TPSA) is 24.9 Å². The maximum absolute atomic E-state index is 13.1. The van der Waals surface area contributed by atoms with Gasteiger partial charge in [-0.2, -0.15) is 0 Å². The Bertz CT molecular complexity index is 575. The Morgan fingerprint density at radius 3 is 2.79 bits per heavy atom. The Morgan fingerprint density at radius 2 is 2.11 bits per heavy atom. The van der Waals surface area contributed by atoms with Gasteiger partial charge in [-0.25, -0.2) is 4.39 Å². The van der Waals surface area contributed by atoms with E-state index in [9.17, 15) is 4.39 Å². The summed E-state index contributed by atoms with van der Waals surface area (Å²) in [5, 5.41) is 3.33. The molecular weight excluding hydrogens is 375 g/mol. The summed E-state index contributed by atoms with van der Waals surface area (Å²) in [5.74, 6) is -0.214. The minimum Gasteiger partial charge on any atom is -0.305 e. The molecule has 19 heavy (non-hydrogen) atoms. The van der Waals surface area contributed by atoms with E-state index in [-0.39, 0.29) is 11.9 Å². The molecular formula is C14H13Br2FN2. The molecule has 1 aromatic carbocycles. The van der Waals surface area contributed by atoms with E-state index in [1.807, 2.05) is 19.1 Å². The Hall–Kier alpha value is -0.780. The third-order valence-electron chi connectivity index (χ3n) is 2.81. The van der Waals surface area contributed by atoms with Crippen LogP contribution in [0.15, 0.2) is 45.5 Å². The second-order valence-corrected chi connectivity index (χ2v) is 6.01. The van der Waals surface area contributed by atoms with Crippen molar-refractivity contribution in [2.24, 2.45) is 0 Å². The maximum atomic E-state index is 13.1. The van der Waals surface area contributed by atoms with Crippen molar-refractivity contribution < 1.29 is 4.39 Å². The zero-order valence-electron chi connectivity index (χ0n) is 10.3. The maximum Gasteiger partial charge on any atom is 0.123 e. The fourth-order valence-electron chi connectivity index (χ4n) is 1.72. The molecule has 0 spiro atoms. The van der Waals surface area contributed by atoms with E-state index in [0.29, 0.717) is 6.54 Å². The van der Waals surface area contributed by atoms with E-state index in [2.05, 4.69) is 42.2 Å². The summed E-state index contributed by atoms with van der Waals surface area (Å²) in [6.07, 6.45) is 1.76. The van der Waals surface area contributed by atoms with Gasteiger partial charge in [-0.15, -0.1) is 0 Å². The first kappa shape index (κ1) is 14.6. The smallest absolute Gasteiger partial charge is 0.123 e. The Kier molecular flexibility index (Phi) is 5.07. The third kappa shape index (κ3) is 4.09. The largest absolute Gasteiger partial charge is 0.305 e. The molecule has 0 aliphatic carbocycles. The van der Waals surface area contributed by atoms with Crippen LogP contribution in [-0.4, -0.2) is 4.98 Å². The van der Waals surface area contributed by atoms with E-state index in [0.717, 1.165) is 20.2 Å². The molecule has 0 saturated carbocycles. The number of nitrogens with one attached hydrogen (secondary N) is 1. The van der Waals surface area contributed by atoms with E-state index < -0.39 is 0 Å². The molecule has 0 unspecified atom stereocenters. The number of nitrogens with zero attached hydrogens (tertiary/aromatic N) is 1. The van der Waals surface area contributed by atoms with Crippen molar-refractivity contribution in [1.29, 1.82) is 0 Å². The molecule has 2 rings (SSSR count). The van der Waals surface area contributed by atoms with Gasteiger partial charge in [0.05, 0.1) is 5.69 Å². The summed E-state index contributed by atoms with van der Waals surface area (Å²) in [5.41, 5.74) is 1.85. The molecule has 2 nitrogen and oxygen atoms in total. The first-order chi connectivity index (χ1) is 9.06. The van der Waals surface area contributed by atoms with Crippen LogP contribution in [0, 0.1) is 5.82 Å². The minimum atomic E-state index is -0.214. The van der Waals surface area contributed by atoms with Gasteiger partial charge in [-0.1, -0.05) is 12.1 Å². The molecule has 1 aromatic heterocycles. The highest BCUT2D eigenvalue weighted by molar-refractivity contribution is 9.11. The molecule has 1 N–H and O–H groups in total. The predicted molar refractivity (Wildman–Crippen MR) is 81.3 cm³/mol. The van der Waals surface area contributed by atoms with Gasteiger partial charge in [-0.05, 0) is 62.5 Å². The number of aromatic nitrogens is 1. The molecule has 0 bridgehead atoms. The van der Waals surface area contributed by atoms with Crippen LogP contribution in [0.3, 0.4) is 0 Å². The quantitative estimate of drug-likeness (QED) is 0.829. The van der Waals surface area contributed by atoms with Crippen LogP contribution >= 0.6 is 31.9 Å². The van der Waals surface area contributed by atoms with Gasteiger partial charge in [0.25, 0.3) is 0 Å². The second kappa shape index (κ2) is 6.59. The standard InChI is InChI=1S/C14H13Br2FN2/c1-9(10-3-2-4-12(17)5-10)18-8-14-13(16)6-11(15)7-19-14/h2-7,9,18H,8H2,1H3/t9-/m1/s1. The first-order valence-electron chi connectivity index (χ1n) is 5.85. The Morgan fingerprint density at radius 1 is 1.32 bits per heavy atom. The van der Waals surface area contributed by atoms with Gasteiger partial charge >= 0.3 is 0 Å². The van der Waals surface area contributed by atoms with E-state index >= 15 is 0 Å². The number of pyridine rings is 1. The van der Waals surface area contributed by atoms with Crippen molar-refractivity contribution in [3.05, 3.63) is 62.5 Å². The van der Waals surface area contributed by atoms with Crippen molar-refractivity contribution in [3.63, 3.8) is 0 Å². The van der Waals surface area contributed by atoms with Gasteiger partial charge in [0.15, 0.2) is 0 Å². The molecule has 0 radical (unpaired) electrons. The van der Waals surface area contributed by atoms with Gasteiger partial charge in [0, 0.05) is 27.7 Å². The predicted octanol–water partition coefficient (Wildman–Crippen LogP) is 4.60. The summed E-state index contributed by atoms with van der Waals surface area (Å²) < 4.78 is 15.0. The summed E-state index contributed by atoms with van der Waals surface area (Å²) in [4.78, 5) is 4.33. The van der Waals surface area contributed by atoms with Crippen molar-refractivity contribution in [3.8, 4) is 0 Å². The van der Waals surface area contributed by atoms with Crippen molar-refractivity contribution >= 4 is 31.9 Å². The zero-order chi connectivity index (χ0) is 13.8. The van der Waals surface area contributed by atoms with Crippen LogP contribution in [0.4, 0.5) is 4.39 Å². The number of hydrogen-bond acceptors (Lipinski definition) is 2. The zero-order valence-corrected chi connectivity index (χ0v) is 13.5. The fourth-order valence-corrected chi connectivity index (χ4v) is 2.84. The van der Waals surface area contributed by atoms with Crippen LogP contribution in [0.1, 0.15) is 24.2 Å². The molecule has 0 aliphatic rings. The number of hydrogen-bond donors (Lipinski definition) is 1. The third-order valence-corrected chi connectivity index (χ3v) is 3.93. The highest BCUT2D eigenvalue weighted by Crippen LogP contribution is 2.20. The lowest BCUT2D eigenvalue weighted by atomic mass is 10.1. The van der Waals surface area contributed by atoms with E-state index in [1.165, 1.54) is 6.07 Å². The van der Waals surface area contributed by atoms with E-state index in [1.54, 1.807) is 18.3 Å². The Labute approximate surface area is 128 Å². The monoisotopic (exact) mass is 386 g/mol. The lowest BCUT2D eigenvalue weighted by Crippen LogP contribution is -2.19. The van der Waals surface area contributed by atoms with Crippen LogP contribution in [0.25, 0.3) is 0 Å². The molecule has 1 heterocycles. The minimum absolute atomic E-state index is 0.0630. The Balaban J connectivity index is 2.02. The van der Waals surface area contributed by atoms with Gasteiger partial charge < -0.3 is 5.32 Å². The highest BCUT2D eigenvalue weighted by atomic mass is 79.9. The van der Waals surface area contributed by atoms with Crippen LogP contribution in [0.5, 0.6) is 0 Å².